The van der Waals surface area contributed by atoms with Gasteiger partial charge in [-0.3, -0.25) is 14.6 Å². The number of carbonyl (C=O) groups is 2. The Hall–Kier alpha value is -2.77. The van der Waals surface area contributed by atoms with Crippen molar-refractivity contribution < 1.29 is 14.1 Å². The molecule has 2 aromatic heterocycles. The highest BCUT2D eigenvalue weighted by Gasteiger charge is 2.30. The Kier molecular flexibility index (Phi) is 4.17. The van der Waals surface area contributed by atoms with Crippen molar-refractivity contribution in [1.82, 2.24) is 25.8 Å². The molecular formula is C17H19N5O3. The number of carbonyl (C=O) groups excluding carboxylic acids is 2. The number of nitrogens with one attached hydrogen (secondary N) is 2. The molecule has 0 aromatic carbocycles. The summed E-state index contributed by atoms with van der Waals surface area (Å²) in [5, 5.41) is 9.81. The van der Waals surface area contributed by atoms with Gasteiger partial charge in [0.25, 0.3) is 11.8 Å². The molecule has 4 rings (SSSR count). The van der Waals surface area contributed by atoms with Gasteiger partial charge >= 0.3 is 0 Å². The summed E-state index contributed by atoms with van der Waals surface area (Å²) in [5.74, 6) is 0.878. The summed E-state index contributed by atoms with van der Waals surface area (Å²) in [6, 6.07) is -0.0867. The van der Waals surface area contributed by atoms with Crippen molar-refractivity contribution in [2.75, 3.05) is 6.54 Å². The zero-order valence-corrected chi connectivity index (χ0v) is 13.7. The molecule has 2 amide bonds. The number of hydrogen-bond acceptors (Lipinski definition) is 6. The van der Waals surface area contributed by atoms with E-state index < -0.39 is 0 Å². The Morgan fingerprint density at radius 1 is 1.20 bits per heavy atom. The molecule has 25 heavy (non-hydrogen) atoms. The number of nitrogens with zero attached hydrogens (tertiary/aromatic N) is 3. The normalized spacial score (nSPS) is 19.1. The van der Waals surface area contributed by atoms with Gasteiger partial charge in [0.05, 0.1) is 6.20 Å². The highest BCUT2D eigenvalue weighted by Crippen LogP contribution is 2.28. The van der Waals surface area contributed by atoms with Crippen LogP contribution >= 0.6 is 0 Å². The van der Waals surface area contributed by atoms with Gasteiger partial charge in [-0.1, -0.05) is 5.16 Å². The van der Waals surface area contributed by atoms with E-state index in [9.17, 15) is 9.59 Å². The van der Waals surface area contributed by atoms with Crippen molar-refractivity contribution in [1.29, 1.82) is 0 Å². The number of fused-ring (bicyclic) bond motifs is 1. The molecule has 8 nitrogen and oxygen atoms in total. The second-order valence-corrected chi connectivity index (χ2v) is 6.59. The number of hydrogen-bond donors (Lipinski definition) is 2. The van der Waals surface area contributed by atoms with Crippen molar-refractivity contribution in [3.63, 3.8) is 0 Å². The minimum absolute atomic E-state index is 0.0867. The van der Waals surface area contributed by atoms with Crippen LogP contribution in [0.4, 0.5) is 0 Å². The third-order valence-electron chi connectivity index (χ3n) is 4.63. The predicted octanol–water partition coefficient (Wildman–Crippen LogP) is 0.892. The summed E-state index contributed by atoms with van der Waals surface area (Å²) < 4.78 is 5.32. The monoisotopic (exact) mass is 341 g/mol. The van der Waals surface area contributed by atoms with Crippen LogP contribution in [-0.2, 0) is 12.8 Å². The van der Waals surface area contributed by atoms with Crippen LogP contribution < -0.4 is 10.6 Å². The second kappa shape index (κ2) is 6.62. The van der Waals surface area contributed by atoms with Gasteiger partial charge in [-0.2, -0.15) is 0 Å². The fourth-order valence-corrected chi connectivity index (χ4v) is 3.02. The number of aryl methyl sites for hydroxylation is 1. The molecule has 2 aliphatic carbocycles. The van der Waals surface area contributed by atoms with Crippen molar-refractivity contribution in [2.24, 2.45) is 5.92 Å². The number of amides is 2. The van der Waals surface area contributed by atoms with Crippen LogP contribution in [0.3, 0.4) is 0 Å². The molecule has 0 saturated heterocycles. The maximum absolute atomic E-state index is 12.3. The largest absolute Gasteiger partial charge is 0.360 e. The minimum atomic E-state index is -0.266. The fourth-order valence-electron chi connectivity index (χ4n) is 3.02. The summed E-state index contributed by atoms with van der Waals surface area (Å²) in [4.78, 5) is 32.5. The molecule has 2 aromatic rings. The number of aromatic nitrogens is 3. The smallest absolute Gasteiger partial charge is 0.273 e. The first-order valence-corrected chi connectivity index (χ1v) is 8.53. The van der Waals surface area contributed by atoms with Gasteiger partial charge in [0, 0.05) is 37.0 Å². The van der Waals surface area contributed by atoms with E-state index in [-0.39, 0.29) is 23.6 Å². The molecular weight excluding hydrogens is 322 g/mol. The zero-order valence-electron chi connectivity index (χ0n) is 13.7. The van der Waals surface area contributed by atoms with Gasteiger partial charge in [-0.25, -0.2) is 4.98 Å². The SMILES string of the molecule is O=C(NC1CCc2onc(C(=O)NCC3CC3)c2C1)c1cnccn1. The molecule has 0 bridgehead atoms. The lowest BCUT2D eigenvalue weighted by atomic mass is 9.91. The first-order chi connectivity index (χ1) is 12.2. The van der Waals surface area contributed by atoms with E-state index in [0.29, 0.717) is 31.0 Å². The second-order valence-electron chi connectivity index (χ2n) is 6.59. The van der Waals surface area contributed by atoms with E-state index >= 15 is 0 Å². The van der Waals surface area contributed by atoms with Crippen molar-refractivity contribution in [3.05, 3.63) is 41.3 Å². The van der Waals surface area contributed by atoms with E-state index in [4.69, 9.17) is 4.52 Å². The maximum Gasteiger partial charge on any atom is 0.273 e. The van der Waals surface area contributed by atoms with E-state index in [1.807, 2.05) is 0 Å². The Balaban J connectivity index is 1.42. The topological polar surface area (TPSA) is 110 Å². The molecule has 0 aliphatic heterocycles. The molecule has 130 valence electrons. The molecule has 1 unspecified atom stereocenters. The Morgan fingerprint density at radius 3 is 2.84 bits per heavy atom. The fraction of sp³-hybridized carbons (Fsp3) is 0.471. The predicted molar refractivity (Wildman–Crippen MR) is 86.9 cm³/mol. The molecule has 2 aliphatic rings. The first kappa shape index (κ1) is 15.7. The van der Waals surface area contributed by atoms with Gasteiger partial charge in [0.15, 0.2) is 5.69 Å². The third-order valence-corrected chi connectivity index (χ3v) is 4.63. The zero-order chi connectivity index (χ0) is 17.2. The van der Waals surface area contributed by atoms with Gasteiger partial charge in [0.1, 0.15) is 11.5 Å². The molecule has 2 N–H and O–H groups in total. The molecule has 0 radical (unpaired) electrons. The standard InChI is InChI=1S/C17H19N5O3/c23-16(13-9-18-5-6-19-13)21-11-3-4-14-12(7-11)15(22-25-14)17(24)20-8-10-1-2-10/h5-6,9-11H,1-4,7-8H2,(H,20,24)(H,21,23). The summed E-state index contributed by atoms with van der Waals surface area (Å²) in [7, 11) is 0. The lowest BCUT2D eigenvalue weighted by Crippen LogP contribution is -2.39. The van der Waals surface area contributed by atoms with Gasteiger partial charge in [-0.05, 0) is 31.6 Å². The van der Waals surface area contributed by atoms with Crippen molar-refractivity contribution >= 4 is 11.8 Å². The van der Waals surface area contributed by atoms with Crippen molar-refractivity contribution in [2.45, 2.75) is 38.1 Å². The quantitative estimate of drug-likeness (QED) is 0.836. The Morgan fingerprint density at radius 2 is 2.08 bits per heavy atom. The van der Waals surface area contributed by atoms with Crippen LogP contribution in [0.25, 0.3) is 0 Å². The van der Waals surface area contributed by atoms with Crippen LogP contribution in [0.1, 0.15) is 51.6 Å². The highest BCUT2D eigenvalue weighted by molar-refractivity contribution is 5.94. The van der Waals surface area contributed by atoms with E-state index in [2.05, 4.69) is 25.8 Å². The molecule has 0 spiro atoms. The van der Waals surface area contributed by atoms with E-state index in [1.54, 1.807) is 0 Å². The van der Waals surface area contributed by atoms with Crippen LogP contribution in [0, 0.1) is 5.92 Å². The van der Waals surface area contributed by atoms with Gasteiger partial charge in [0.2, 0.25) is 0 Å². The summed E-state index contributed by atoms with van der Waals surface area (Å²) in [6.45, 7) is 0.688. The lowest BCUT2D eigenvalue weighted by molar-refractivity contribution is 0.0926. The molecule has 1 saturated carbocycles. The summed E-state index contributed by atoms with van der Waals surface area (Å²) in [5.41, 5.74) is 1.42. The third kappa shape index (κ3) is 3.52. The average molecular weight is 341 g/mol. The van der Waals surface area contributed by atoms with Crippen LogP contribution in [0.2, 0.25) is 0 Å². The van der Waals surface area contributed by atoms with Gasteiger partial charge in [-0.15, -0.1) is 0 Å². The van der Waals surface area contributed by atoms with Crippen LogP contribution in [-0.4, -0.2) is 39.5 Å². The van der Waals surface area contributed by atoms with Gasteiger partial charge < -0.3 is 15.2 Å². The summed E-state index contributed by atoms with van der Waals surface area (Å²) >= 11 is 0. The van der Waals surface area contributed by atoms with E-state index in [1.165, 1.54) is 31.4 Å². The average Bonchev–Trinajstić information content (AvgIpc) is 3.38. The molecule has 8 heteroatoms. The molecule has 1 atom stereocenters. The lowest BCUT2D eigenvalue weighted by Gasteiger charge is -2.22. The van der Waals surface area contributed by atoms with Crippen molar-refractivity contribution in [3.8, 4) is 0 Å². The summed E-state index contributed by atoms with van der Waals surface area (Å²) in [6.07, 6.45) is 8.68. The highest BCUT2D eigenvalue weighted by atomic mass is 16.5. The number of rotatable bonds is 5. The molecule has 1 fully saturated rings. The molecule has 2 heterocycles. The van der Waals surface area contributed by atoms with E-state index in [0.717, 1.165) is 17.7 Å². The van der Waals surface area contributed by atoms with Crippen LogP contribution in [0.15, 0.2) is 23.1 Å². The maximum atomic E-state index is 12.3. The minimum Gasteiger partial charge on any atom is -0.360 e. The first-order valence-electron chi connectivity index (χ1n) is 8.53. The Labute approximate surface area is 144 Å². The van der Waals surface area contributed by atoms with Crippen LogP contribution in [0.5, 0.6) is 0 Å². The Bertz CT molecular complexity index is 785.